The van der Waals surface area contributed by atoms with Crippen molar-refractivity contribution in [3.63, 3.8) is 0 Å². The fourth-order valence-electron chi connectivity index (χ4n) is 1.63. The minimum absolute atomic E-state index is 0.174. The minimum Gasteiger partial charge on any atom is -0.372 e. The summed E-state index contributed by atoms with van der Waals surface area (Å²) in [7, 11) is 0. The van der Waals surface area contributed by atoms with E-state index in [1.165, 1.54) is 11.1 Å². The predicted octanol–water partition coefficient (Wildman–Crippen LogP) is 2.67. The molecule has 0 amide bonds. The van der Waals surface area contributed by atoms with E-state index < -0.39 is 0 Å². The lowest BCUT2D eigenvalue weighted by atomic mass is 9.81. The smallest absolute Gasteiger partial charge is 0.0900 e. The van der Waals surface area contributed by atoms with Crippen molar-refractivity contribution < 1.29 is 4.74 Å². The summed E-state index contributed by atoms with van der Waals surface area (Å²) in [5, 5.41) is 0. The van der Waals surface area contributed by atoms with Crippen LogP contribution in [0.1, 0.15) is 25.0 Å². The molecular formula is C12H16O. The molecule has 1 aliphatic rings. The van der Waals surface area contributed by atoms with E-state index in [-0.39, 0.29) is 5.41 Å². The number of hydrogen-bond acceptors (Lipinski definition) is 1. The number of ether oxygens (including phenoxy) is 1. The minimum atomic E-state index is 0.174. The van der Waals surface area contributed by atoms with E-state index in [1.807, 2.05) is 0 Å². The zero-order valence-electron chi connectivity index (χ0n) is 8.50. The third kappa shape index (κ3) is 1.61. The molecule has 1 aromatic carbocycles. The zero-order chi connectivity index (χ0) is 9.47. The van der Waals surface area contributed by atoms with Gasteiger partial charge in [-0.15, -0.1) is 0 Å². The number of epoxide rings is 1. The van der Waals surface area contributed by atoms with Gasteiger partial charge in [-0.3, -0.25) is 0 Å². The molecule has 13 heavy (non-hydrogen) atoms. The largest absolute Gasteiger partial charge is 0.372 e. The Bertz CT molecular complexity index is 293. The van der Waals surface area contributed by atoms with Gasteiger partial charge in [0.05, 0.1) is 12.7 Å². The normalized spacial score (nSPS) is 21.6. The molecule has 1 fully saturated rings. The molecule has 1 nitrogen and oxygen atoms in total. The Kier molecular flexibility index (Phi) is 1.92. The fraction of sp³-hybridized carbons (Fsp3) is 0.500. The van der Waals surface area contributed by atoms with Crippen LogP contribution in [0.2, 0.25) is 0 Å². The van der Waals surface area contributed by atoms with Crippen molar-refractivity contribution in [2.75, 3.05) is 6.61 Å². The van der Waals surface area contributed by atoms with E-state index in [0.717, 1.165) is 6.61 Å². The highest BCUT2D eigenvalue weighted by Crippen LogP contribution is 2.35. The van der Waals surface area contributed by atoms with Gasteiger partial charge in [0.15, 0.2) is 0 Å². The first kappa shape index (κ1) is 8.76. The lowest BCUT2D eigenvalue weighted by Crippen LogP contribution is -2.24. The van der Waals surface area contributed by atoms with Gasteiger partial charge in [0.1, 0.15) is 0 Å². The molecule has 1 saturated heterocycles. The van der Waals surface area contributed by atoms with Crippen LogP contribution >= 0.6 is 0 Å². The Morgan fingerprint density at radius 1 is 1.23 bits per heavy atom. The molecule has 0 saturated carbocycles. The number of hydrogen-bond donors (Lipinski definition) is 0. The van der Waals surface area contributed by atoms with E-state index in [0.29, 0.717) is 6.10 Å². The fourth-order valence-corrected chi connectivity index (χ4v) is 1.63. The molecular weight excluding hydrogens is 160 g/mol. The average molecular weight is 176 g/mol. The van der Waals surface area contributed by atoms with Crippen molar-refractivity contribution in [3.05, 3.63) is 35.4 Å². The third-order valence-electron chi connectivity index (χ3n) is 2.93. The van der Waals surface area contributed by atoms with Crippen LogP contribution in [0.3, 0.4) is 0 Å². The zero-order valence-corrected chi connectivity index (χ0v) is 8.50. The van der Waals surface area contributed by atoms with E-state index in [1.54, 1.807) is 0 Å². The summed E-state index contributed by atoms with van der Waals surface area (Å²) in [5.74, 6) is 0. The van der Waals surface area contributed by atoms with Gasteiger partial charge in [-0.1, -0.05) is 43.7 Å². The van der Waals surface area contributed by atoms with Crippen molar-refractivity contribution in [3.8, 4) is 0 Å². The van der Waals surface area contributed by atoms with Gasteiger partial charge in [-0.25, -0.2) is 0 Å². The molecule has 1 aliphatic heterocycles. The van der Waals surface area contributed by atoms with Crippen molar-refractivity contribution >= 4 is 0 Å². The molecule has 1 atom stereocenters. The monoisotopic (exact) mass is 176 g/mol. The average Bonchev–Trinajstić information content (AvgIpc) is 2.87. The van der Waals surface area contributed by atoms with Gasteiger partial charge < -0.3 is 4.74 Å². The van der Waals surface area contributed by atoms with E-state index in [2.05, 4.69) is 45.0 Å². The number of rotatable bonds is 2. The van der Waals surface area contributed by atoms with Gasteiger partial charge in [0, 0.05) is 5.41 Å². The maximum Gasteiger partial charge on any atom is 0.0900 e. The summed E-state index contributed by atoms with van der Waals surface area (Å²) in [6, 6.07) is 8.74. The lowest BCUT2D eigenvalue weighted by Gasteiger charge is -2.22. The molecule has 0 radical (unpaired) electrons. The molecule has 1 aromatic rings. The Hall–Kier alpha value is -0.820. The summed E-state index contributed by atoms with van der Waals surface area (Å²) in [4.78, 5) is 0. The highest BCUT2D eigenvalue weighted by molar-refractivity contribution is 5.29. The summed E-state index contributed by atoms with van der Waals surface area (Å²) < 4.78 is 5.36. The molecule has 0 aromatic heterocycles. The second kappa shape index (κ2) is 2.85. The molecule has 2 rings (SSSR count). The van der Waals surface area contributed by atoms with Crippen LogP contribution in [0.25, 0.3) is 0 Å². The van der Waals surface area contributed by atoms with Crippen LogP contribution < -0.4 is 0 Å². The second-order valence-electron chi connectivity index (χ2n) is 4.41. The second-order valence-corrected chi connectivity index (χ2v) is 4.41. The molecule has 0 N–H and O–H groups in total. The molecule has 0 bridgehead atoms. The van der Waals surface area contributed by atoms with E-state index in [9.17, 15) is 0 Å². The van der Waals surface area contributed by atoms with E-state index in [4.69, 9.17) is 4.74 Å². The van der Waals surface area contributed by atoms with Crippen LogP contribution in [0.15, 0.2) is 24.3 Å². The van der Waals surface area contributed by atoms with Gasteiger partial charge in [0.2, 0.25) is 0 Å². The summed E-state index contributed by atoms with van der Waals surface area (Å²) in [6.45, 7) is 7.52. The number of benzene rings is 1. The summed E-state index contributed by atoms with van der Waals surface area (Å²) in [5.41, 5.74) is 2.87. The van der Waals surface area contributed by atoms with Crippen LogP contribution in [0.4, 0.5) is 0 Å². The van der Waals surface area contributed by atoms with Crippen LogP contribution in [0, 0.1) is 6.92 Å². The third-order valence-corrected chi connectivity index (χ3v) is 2.93. The highest BCUT2D eigenvalue weighted by Gasteiger charge is 2.40. The Morgan fingerprint density at radius 2 is 1.77 bits per heavy atom. The summed E-state index contributed by atoms with van der Waals surface area (Å²) in [6.07, 6.45) is 0.426. The quantitative estimate of drug-likeness (QED) is 0.631. The first-order valence-corrected chi connectivity index (χ1v) is 4.79. The standard InChI is InChI=1S/C12H16O/c1-9-4-6-10(7-5-9)12(2,3)11-8-13-11/h4-7,11H,8H2,1-3H3. The van der Waals surface area contributed by atoms with Crippen LogP contribution in [-0.4, -0.2) is 12.7 Å². The Labute approximate surface area is 79.7 Å². The van der Waals surface area contributed by atoms with Gasteiger partial charge in [-0.2, -0.15) is 0 Å². The van der Waals surface area contributed by atoms with Crippen molar-refractivity contribution in [1.82, 2.24) is 0 Å². The van der Waals surface area contributed by atoms with Crippen LogP contribution in [-0.2, 0) is 10.2 Å². The maximum atomic E-state index is 5.36. The predicted molar refractivity (Wildman–Crippen MR) is 53.9 cm³/mol. The van der Waals surface area contributed by atoms with Crippen LogP contribution in [0.5, 0.6) is 0 Å². The first-order chi connectivity index (χ1) is 6.10. The van der Waals surface area contributed by atoms with E-state index >= 15 is 0 Å². The van der Waals surface area contributed by atoms with Gasteiger partial charge in [-0.05, 0) is 12.5 Å². The van der Waals surface area contributed by atoms with Gasteiger partial charge in [0.25, 0.3) is 0 Å². The molecule has 70 valence electrons. The van der Waals surface area contributed by atoms with Crippen molar-refractivity contribution in [2.45, 2.75) is 32.3 Å². The maximum absolute atomic E-state index is 5.36. The first-order valence-electron chi connectivity index (χ1n) is 4.79. The number of aryl methyl sites for hydroxylation is 1. The Balaban J connectivity index is 2.28. The summed E-state index contributed by atoms with van der Waals surface area (Å²) >= 11 is 0. The lowest BCUT2D eigenvalue weighted by molar-refractivity contribution is 0.319. The highest BCUT2D eigenvalue weighted by atomic mass is 16.6. The molecule has 1 heteroatoms. The van der Waals surface area contributed by atoms with Gasteiger partial charge >= 0.3 is 0 Å². The van der Waals surface area contributed by atoms with Crippen molar-refractivity contribution in [1.29, 1.82) is 0 Å². The Morgan fingerprint density at radius 3 is 2.23 bits per heavy atom. The topological polar surface area (TPSA) is 12.5 Å². The molecule has 0 spiro atoms. The SMILES string of the molecule is Cc1ccc(C(C)(C)C2CO2)cc1. The van der Waals surface area contributed by atoms with Crippen molar-refractivity contribution in [2.24, 2.45) is 0 Å². The molecule has 0 aliphatic carbocycles. The molecule has 1 heterocycles. The molecule has 1 unspecified atom stereocenters.